The normalized spacial score (nSPS) is 13.9. The maximum atomic E-state index is 12.1. The fourth-order valence-corrected chi connectivity index (χ4v) is 2.93. The predicted molar refractivity (Wildman–Crippen MR) is 94.7 cm³/mol. The Labute approximate surface area is 143 Å². The second-order valence-electron chi connectivity index (χ2n) is 6.07. The number of para-hydroxylation sites is 1. The van der Waals surface area contributed by atoms with Crippen molar-refractivity contribution in [2.45, 2.75) is 25.9 Å². The third-order valence-electron chi connectivity index (χ3n) is 4.27. The molecule has 24 heavy (non-hydrogen) atoms. The highest BCUT2D eigenvalue weighted by Crippen LogP contribution is 2.18. The van der Waals surface area contributed by atoms with E-state index < -0.39 is 0 Å². The van der Waals surface area contributed by atoms with Crippen molar-refractivity contribution < 1.29 is 9.53 Å². The SMILES string of the molecule is O=C(COc1ccccc1CNCc1ccccc1)N1CCCC1. The Morgan fingerprint density at radius 3 is 2.46 bits per heavy atom. The molecule has 2 aromatic carbocycles. The molecule has 1 heterocycles. The van der Waals surface area contributed by atoms with E-state index in [1.165, 1.54) is 5.56 Å². The Hall–Kier alpha value is -2.33. The van der Waals surface area contributed by atoms with E-state index in [0.717, 1.165) is 43.8 Å². The van der Waals surface area contributed by atoms with Crippen LogP contribution in [-0.4, -0.2) is 30.5 Å². The molecule has 0 saturated carbocycles. The molecule has 1 amide bonds. The minimum absolute atomic E-state index is 0.0829. The minimum Gasteiger partial charge on any atom is -0.483 e. The maximum Gasteiger partial charge on any atom is 0.260 e. The lowest BCUT2D eigenvalue weighted by Crippen LogP contribution is -2.32. The predicted octanol–water partition coefficient (Wildman–Crippen LogP) is 2.98. The highest BCUT2D eigenvalue weighted by Gasteiger charge is 2.18. The molecule has 4 nitrogen and oxygen atoms in total. The van der Waals surface area contributed by atoms with Crippen LogP contribution in [0.2, 0.25) is 0 Å². The second kappa shape index (κ2) is 8.50. The number of carbonyl (C=O) groups is 1. The molecule has 0 aromatic heterocycles. The molecule has 1 fully saturated rings. The zero-order valence-electron chi connectivity index (χ0n) is 13.9. The lowest BCUT2D eigenvalue weighted by molar-refractivity contribution is -0.132. The molecule has 3 rings (SSSR count). The Morgan fingerprint density at radius 1 is 0.958 bits per heavy atom. The summed E-state index contributed by atoms with van der Waals surface area (Å²) in [4.78, 5) is 14.0. The van der Waals surface area contributed by atoms with E-state index >= 15 is 0 Å². The van der Waals surface area contributed by atoms with Gasteiger partial charge in [-0.1, -0.05) is 48.5 Å². The van der Waals surface area contributed by atoms with Gasteiger partial charge in [-0.25, -0.2) is 0 Å². The van der Waals surface area contributed by atoms with E-state index in [4.69, 9.17) is 4.74 Å². The van der Waals surface area contributed by atoms with Crippen molar-refractivity contribution in [1.82, 2.24) is 10.2 Å². The number of amides is 1. The number of rotatable bonds is 7. The first-order chi connectivity index (χ1) is 11.8. The number of benzene rings is 2. The first-order valence-electron chi connectivity index (χ1n) is 8.56. The quantitative estimate of drug-likeness (QED) is 0.851. The van der Waals surface area contributed by atoms with Gasteiger partial charge in [-0.05, 0) is 24.5 Å². The number of nitrogens with zero attached hydrogens (tertiary/aromatic N) is 1. The Morgan fingerprint density at radius 2 is 1.67 bits per heavy atom. The number of ether oxygens (including phenoxy) is 1. The number of hydrogen-bond acceptors (Lipinski definition) is 3. The first-order valence-corrected chi connectivity index (χ1v) is 8.56. The van der Waals surface area contributed by atoms with Gasteiger partial charge in [0.05, 0.1) is 0 Å². The third-order valence-corrected chi connectivity index (χ3v) is 4.27. The summed E-state index contributed by atoms with van der Waals surface area (Å²) < 4.78 is 5.78. The van der Waals surface area contributed by atoms with E-state index in [1.54, 1.807) is 0 Å². The average Bonchev–Trinajstić information content (AvgIpc) is 3.16. The van der Waals surface area contributed by atoms with Crippen LogP contribution in [0.4, 0.5) is 0 Å². The van der Waals surface area contributed by atoms with Gasteiger partial charge in [0.15, 0.2) is 6.61 Å². The van der Waals surface area contributed by atoms with Gasteiger partial charge in [0.1, 0.15) is 5.75 Å². The van der Waals surface area contributed by atoms with Crippen molar-refractivity contribution in [3.8, 4) is 5.75 Å². The lowest BCUT2D eigenvalue weighted by atomic mass is 10.2. The van der Waals surface area contributed by atoms with E-state index in [-0.39, 0.29) is 12.5 Å². The van der Waals surface area contributed by atoms with Crippen LogP contribution >= 0.6 is 0 Å². The van der Waals surface area contributed by atoms with Crippen molar-refractivity contribution in [3.05, 3.63) is 65.7 Å². The van der Waals surface area contributed by atoms with Crippen molar-refractivity contribution in [2.24, 2.45) is 0 Å². The topological polar surface area (TPSA) is 41.6 Å². The molecule has 1 saturated heterocycles. The van der Waals surface area contributed by atoms with Gasteiger partial charge in [-0.3, -0.25) is 4.79 Å². The molecule has 0 bridgehead atoms. The maximum absolute atomic E-state index is 12.1. The van der Waals surface area contributed by atoms with Crippen LogP contribution in [0.25, 0.3) is 0 Å². The van der Waals surface area contributed by atoms with Gasteiger partial charge in [0.25, 0.3) is 5.91 Å². The van der Waals surface area contributed by atoms with Crippen molar-refractivity contribution in [2.75, 3.05) is 19.7 Å². The van der Waals surface area contributed by atoms with E-state index in [0.29, 0.717) is 6.54 Å². The molecular formula is C20H24N2O2. The second-order valence-corrected chi connectivity index (χ2v) is 6.07. The number of nitrogens with one attached hydrogen (secondary N) is 1. The van der Waals surface area contributed by atoms with E-state index in [1.807, 2.05) is 47.4 Å². The summed E-state index contributed by atoms with van der Waals surface area (Å²) in [7, 11) is 0. The summed E-state index contributed by atoms with van der Waals surface area (Å²) in [5.74, 6) is 0.866. The summed E-state index contributed by atoms with van der Waals surface area (Å²) in [6.45, 7) is 3.37. The van der Waals surface area contributed by atoms with Crippen LogP contribution in [0, 0.1) is 0 Å². The molecule has 0 unspecified atom stereocenters. The smallest absolute Gasteiger partial charge is 0.260 e. The molecule has 1 aliphatic heterocycles. The summed E-state index contributed by atoms with van der Waals surface area (Å²) in [5, 5.41) is 3.43. The van der Waals surface area contributed by atoms with Crippen LogP contribution in [0.5, 0.6) is 5.75 Å². The average molecular weight is 324 g/mol. The van der Waals surface area contributed by atoms with Gasteiger partial charge in [0.2, 0.25) is 0 Å². The highest BCUT2D eigenvalue weighted by atomic mass is 16.5. The van der Waals surface area contributed by atoms with Gasteiger partial charge in [0, 0.05) is 31.7 Å². The molecule has 0 radical (unpaired) electrons. The Bertz CT molecular complexity index is 652. The molecule has 0 atom stereocenters. The number of likely N-dealkylation sites (tertiary alicyclic amines) is 1. The molecule has 2 aromatic rings. The third kappa shape index (κ3) is 4.59. The largest absolute Gasteiger partial charge is 0.483 e. The zero-order valence-corrected chi connectivity index (χ0v) is 13.9. The van der Waals surface area contributed by atoms with Gasteiger partial charge >= 0.3 is 0 Å². The standard InChI is InChI=1S/C20H24N2O2/c23-20(22-12-6-7-13-22)16-24-19-11-5-4-10-18(19)15-21-14-17-8-2-1-3-9-17/h1-5,8-11,21H,6-7,12-16H2. The number of hydrogen-bond donors (Lipinski definition) is 1. The van der Waals surface area contributed by atoms with Crippen molar-refractivity contribution in [1.29, 1.82) is 0 Å². The van der Waals surface area contributed by atoms with Gasteiger partial charge < -0.3 is 15.0 Å². The molecule has 126 valence electrons. The zero-order chi connectivity index (χ0) is 16.6. The van der Waals surface area contributed by atoms with Crippen LogP contribution in [0.15, 0.2) is 54.6 Å². The summed E-state index contributed by atoms with van der Waals surface area (Å²) in [6.07, 6.45) is 2.21. The molecule has 4 heteroatoms. The Balaban J connectivity index is 1.51. The van der Waals surface area contributed by atoms with Gasteiger partial charge in [-0.2, -0.15) is 0 Å². The summed E-state index contributed by atoms with van der Waals surface area (Å²) in [5.41, 5.74) is 2.32. The van der Waals surface area contributed by atoms with Crippen molar-refractivity contribution >= 4 is 5.91 Å². The van der Waals surface area contributed by atoms with Gasteiger partial charge in [-0.15, -0.1) is 0 Å². The molecule has 1 N–H and O–H groups in total. The minimum atomic E-state index is 0.0829. The van der Waals surface area contributed by atoms with Crippen LogP contribution < -0.4 is 10.1 Å². The van der Waals surface area contributed by atoms with Crippen LogP contribution in [0.1, 0.15) is 24.0 Å². The first kappa shape index (κ1) is 16.5. The summed E-state index contributed by atoms with van der Waals surface area (Å²) >= 11 is 0. The molecular weight excluding hydrogens is 300 g/mol. The van der Waals surface area contributed by atoms with E-state index in [9.17, 15) is 4.79 Å². The van der Waals surface area contributed by atoms with Crippen molar-refractivity contribution in [3.63, 3.8) is 0 Å². The molecule has 1 aliphatic rings. The lowest BCUT2D eigenvalue weighted by Gasteiger charge is -2.17. The van der Waals surface area contributed by atoms with E-state index in [2.05, 4.69) is 17.4 Å². The summed E-state index contributed by atoms with van der Waals surface area (Å²) in [6, 6.07) is 18.2. The van der Waals surface area contributed by atoms with Crippen LogP contribution in [0.3, 0.4) is 0 Å². The molecule has 0 spiro atoms. The fraction of sp³-hybridized carbons (Fsp3) is 0.350. The fourth-order valence-electron chi connectivity index (χ4n) is 2.93. The molecule has 0 aliphatic carbocycles. The highest BCUT2D eigenvalue weighted by molar-refractivity contribution is 5.78. The number of carbonyl (C=O) groups excluding carboxylic acids is 1. The Kier molecular flexibility index (Phi) is 5.85. The monoisotopic (exact) mass is 324 g/mol. The van der Waals surface area contributed by atoms with Crippen LogP contribution in [-0.2, 0) is 17.9 Å².